The Bertz CT molecular complexity index is 590. The van der Waals surface area contributed by atoms with Gasteiger partial charge in [0.2, 0.25) is 5.78 Å². The fourth-order valence-corrected chi connectivity index (χ4v) is 2.03. The van der Waals surface area contributed by atoms with Crippen LogP contribution in [0, 0.1) is 0 Å². The van der Waals surface area contributed by atoms with Crippen LogP contribution in [0.15, 0.2) is 34.9 Å². The highest BCUT2D eigenvalue weighted by Crippen LogP contribution is 2.34. The molecule has 0 radical (unpaired) electrons. The van der Waals surface area contributed by atoms with E-state index in [0.29, 0.717) is 35.3 Å². The second-order valence-electron chi connectivity index (χ2n) is 3.95. The van der Waals surface area contributed by atoms with Crippen molar-refractivity contribution in [3.8, 4) is 11.5 Å². The quantitative estimate of drug-likeness (QED) is 0.757. The first-order valence-electron chi connectivity index (χ1n) is 6.34. The van der Waals surface area contributed by atoms with Gasteiger partial charge in [-0.25, -0.2) is 0 Å². The lowest BCUT2D eigenvalue weighted by molar-refractivity contribution is 0.101. The van der Waals surface area contributed by atoms with Gasteiger partial charge in [-0.3, -0.25) is 4.79 Å². The molecule has 0 saturated heterocycles. The molecule has 0 atom stereocenters. The summed E-state index contributed by atoms with van der Waals surface area (Å²) < 4.78 is 16.0. The van der Waals surface area contributed by atoms with Gasteiger partial charge in [0, 0.05) is 11.6 Å². The average molecular weight is 295 g/mol. The summed E-state index contributed by atoms with van der Waals surface area (Å²) >= 11 is 6.15. The lowest BCUT2D eigenvalue weighted by Gasteiger charge is -2.13. The molecular weight excluding hydrogens is 280 g/mol. The first-order valence-corrected chi connectivity index (χ1v) is 6.72. The number of rotatable bonds is 6. The molecule has 0 aliphatic carbocycles. The number of carbonyl (C=O) groups excluding carboxylic acids is 1. The number of ether oxygens (including phenoxy) is 2. The largest absolute Gasteiger partial charge is 0.490 e. The molecule has 20 heavy (non-hydrogen) atoms. The van der Waals surface area contributed by atoms with E-state index in [1.807, 2.05) is 13.8 Å². The van der Waals surface area contributed by atoms with E-state index in [9.17, 15) is 4.79 Å². The topological polar surface area (TPSA) is 48.7 Å². The maximum atomic E-state index is 12.3. The number of benzene rings is 1. The first-order chi connectivity index (χ1) is 9.67. The molecule has 0 fully saturated rings. The van der Waals surface area contributed by atoms with Crippen LogP contribution in [0.2, 0.25) is 5.02 Å². The molecule has 0 N–H and O–H groups in total. The third kappa shape index (κ3) is 2.96. The maximum absolute atomic E-state index is 12.3. The minimum Gasteiger partial charge on any atom is -0.490 e. The normalized spacial score (nSPS) is 10.3. The highest BCUT2D eigenvalue weighted by atomic mass is 35.5. The number of ketones is 1. The predicted molar refractivity (Wildman–Crippen MR) is 75.9 cm³/mol. The van der Waals surface area contributed by atoms with Crippen LogP contribution < -0.4 is 9.47 Å². The van der Waals surface area contributed by atoms with E-state index in [-0.39, 0.29) is 11.5 Å². The zero-order chi connectivity index (χ0) is 14.5. The average Bonchev–Trinajstić information content (AvgIpc) is 2.95. The first kappa shape index (κ1) is 14.5. The Labute approximate surface area is 122 Å². The number of furan rings is 1. The van der Waals surface area contributed by atoms with Gasteiger partial charge in [-0.05, 0) is 32.0 Å². The Hall–Kier alpha value is -1.94. The Morgan fingerprint density at radius 3 is 2.40 bits per heavy atom. The van der Waals surface area contributed by atoms with Gasteiger partial charge in [-0.2, -0.15) is 0 Å². The molecule has 0 unspecified atom stereocenters. The van der Waals surface area contributed by atoms with E-state index in [1.165, 1.54) is 6.26 Å². The SMILES string of the molecule is CCOc1cc(Cl)c(C(=O)c2ccco2)cc1OCC. The lowest BCUT2D eigenvalue weighted by Crippen LogP contribution is -2.04. The number of hydrogen-bond acceptors (Lipinski definition) is 4. The highest BCUT2D eigenvalue weighted by Gasteiger charge is 2.19. The van der Waals surface area contributed by atoms with Crippen molar-refractivity contribution in [2.45, 2.75) is 13.8 Å². The van der Waals surface area contributed by atoms with Gasteiger partial charge < -0.3 is 13.9 Å². The molecule has 0 amide bonds. The summed E-state index contributed by atoms with van der Waals surface area (Å²) in [4.78, 5) is 12.3. The van der Waals surface area contributed by atoms with Crippen LogP contribution in [0.25, 0.3) is 0 Å². The van der Waals surface area contributed by atoms with Crippen LogP contribution in [0.5, 0.6) is 11.5 Å². The Morgan fingerprint density at radius 1 is 1.20 bits per heavy atom. The summed E-state index contributed by atoms with van der Waals surface area (Å²) in [6.45, 7) is 4.68. The van der Waals surface area contributed by atoms with Crippen molar-refractivity contribution >= 4 is 17.4 Å². The molecule has 5 heteroatoms. The summed E-state index contributed by atoms with van der Waals surface area (Å²) in [7, 11) is 0. The monoisotopic (exact) mass is 294 g/mol. The van der Waals surface area contributed by atoms with Gasteiger partial charge >= 0.3 is 0 Å². The zero-order valence-corrected chi connectivity index (χ0v) is 12.1. The summed E-state index contributed by atoms with van der Waals surface area (Å²) in [6, 6.07) is 6.42. The van der Waals surface area contributed by atoms with E-state index in [1.54, 1.807) is 24.3 Å². The summed E-state index contributed by atoms with van der Waals surface area (Å²) in [5.41, 5.74) is 0.327. The summed E-state index contributed by atoms with van der Waals surface area (Å²) in [6.07, 6.45) is 1.44. The fourth-order valence-electron chi connectivity index (χ4n) is 1.79. The van der Waals surface area contributed by atoms with Crippen molar-refractivity contribution in [3.63, 3.8) is 0 Å². The molecule has 1 aromatic carbocycles. The molecule has 106 valence electrons. The second-order valence-corrected chi connectivity index (χ2v) is 4.36. The predicted octanol–water partition coefficient (Wildman–Crippen LogP) is 3.96. The smallest absolute Gasteiger partial charge is 0.229 e. The molecule has 1 aromatic heterocycles. The molecule has 1 heterocycles. The van der Waals surface area contributed by atoms with Crippen LogP contribution in [0.4, 0.5) is 0 Å². The van der Waals surface area contributed by atoms with E-state index in [2.05, 4.69) is 0 Å². The zero-order valence-electron chi connectivity index (χ0n) is 11.3. The van der Waals surface area contributed by atoms with E-state index < -0.39 is 0 Å². The third-order valence-electron chi connectivity index (χ3n) is 2.62. The third-order valence-corrected chi connectivity index (χ3v) is 2.94. The van der Waals surface area contributed by atoms with Crippen molar-refractivity contribution in [1.29, 1.82) is 0 Å². The standard InChI is InChI=1S/C15H15ClO4/c1-3-18-13-8-10(11(16)9-14(13)19-4-2)15(17)12-6-5-7-20-12/h5-9H,3-4H2,1-2H3. The second kappa shape index (κ2) is 6.48. The lowest BCUT2D eigenvalue weighted by atomic mass is 10.1. The van der Waals surface area contributed by atoms with Crippen LogP contribution in [-0.4, -0.2) is 19.0 Å². The van der Waals surface area contributed by atoms with E-state index >= 15 is 0 Å². The maximum Gasteiger partial charge on any atom is 0.229 e. The molecule has 2 aromatic rings. The molecule has 0 saturated carbocycles. The van der Waals surface area contributed by atoms with Crippen LogP contribution in [0.3, 0.4) is 0 Å². The summed E-state index contributed by atoms with van der Waals surface area (Å²) in [5.74, 6) is 0.964. The number of hydrogen-bond donors (Lipinski definition) is 0. The Balaban J connectivity index is 2.43. The van der Waals surface area contributed by atoms with Gasteiger partial charge in [0.1, 0.15) is 0 Å². The van der Waals surface area contributed by atoms with E-state index in [4.69, 9.17) is 25.5 Å². The molecule has 0 bridgehead atoms. The van der Waals surface area contributed by atoms with Crippen molar-refractivity contribution in [3.05, 3.63) is 46.9 Å². The van der Waals surface area contributed by atoms with Crippen molar-refractivity contribution in [2.24, 2.45) is 0 Å². The highest BCUT2D eigenvalue weighted by molar-refractivity contribution is 6.35. The van der Waals surface area contributed by atoms with Crippen molar-refractivity contribution < 1.29 is 18.7 Å². The number of carbonyl (C=O) groups is 1. The van der Waals surface area contributed by atoms with Gasteiger partial charge in [-0.1, -0.05) is 11.6 Å². The van der Waals surface area contributed by atoms with Gasteiger partial charge in [0.15, 0.2) is 17.3 Å². The number of halogens is 1. The molecule has 4 nitrogen and oxygen atoms in total. The van der Waals surface area contributed by atoms with Crippen LogP contribution in [0.1, 0.15) is 30.0 Å². The summed E-state index contributed by atoms with van der Waals surface area (Å²) in [5, 5.41) is 0.304. The minimum atomic E-state index is -0.288. The van der Waals surface area contributed by atoms with Gasteiger partial charge in [-0.15, -0.1) is 0 Å². The van der Waals surface area contributed by atoms with Crippen molar-refractivity contribution in [2.75, 3.05) is 13.2 Å². The molecule has 0 aliphatic rings. The Kier molecular flexibility index (Phi) is 4.69. The Morgan fingerprint density at radius 2 is 1.85 bits per heavy atom. The molecule has 2 rings (SSSR count). The van der Waals surface area contributed by atoms with Gasteiger partial charge in [0.25, 0.3) is 0 Å². The molecular formula is C15H15ClO4. The van der Waals surface area contributed by atoms with Crippen LogP contribution >= 0.6 is 11.6 Å². The van der Waals surface area contributed by atoms with Crippen LogP contribution in [-0.2, 0) is 0 Å². The minimum absolute atomic E-state index is 0.235. The van der Waals surface area contributed by atoms with Gasteiger partial charge in [0.05, 0.1) is 24.5 Å². The fraction of sp³-hybridized carbons (Fsp3) is 0.267. The molecule has 0 spiro atoms. The van der Waals surface area contributed by atoms with Crippen molar-refractivity contribution in [1.82, 2.24) is 0 Å². The molecule has 0 aliphatic heterocycles. The van der Waals surface area contributed by atoms with E-state index in [0.717, 1.165) is 0 Å².